The van der Waals surface area contributed by atoms with Gasteiger partial charge in [-0.15, -0.1) is 0 Å². The van der Waals surface area contributed by atoms with E-state index in [1.807, 2.05) is 23.1 Å². The van der Waals surface area contributed by atoms with Crippen LogP contribution in [0.2, 0.25) is 0 Å². The number of para-hydroxylation sites is 1. The summed E-state index contributed by atoms with van der Waals surface area (Å²) in [6, 6.07) is 7.87. The van der Waals surface area contributed by atoms with E-state index in [0.717, 1.165) is 25.1 Å². The molecule has 102 valence electrons. The second-order valence-corrected chi connectivity index (χ2v) is 5.61. The summed E-state index contributed by atoms with van der Waals surface area (Å²) in [5.74, 6) is 0.511. The number of benzene rings is 1. The van der Waals surface area contributed by atoms with Crippen molar-refractivity contribution in [3.8, 4) is 0 Å². The van der Waals surface area contributed by atoms with Crippen molar-refractivity contribution in [2.45, 2.75) is 31.8 Å². The summed E-state index contributed by atoms with van der Waals surface area (Å²) in [6.07, 6.45) is 1.73. The molecular weight excluding hydrogens is 240 g/mol. The second kappa shape index (κ2) is 4.85. The van der Waals surface area contributed by atoms with Gasteiger partial charge >= 0.3 is 0 Å². The van der Waals surface area contributed by atoms with Crippen molar-refractivity contribution in [1.29, 1.82) is 0 Å². The van der Waals surface area contributed by atoms with E-state index >= 15 is 0 Å². The molecule has 2 aliphatic rings. The van der Waals surface area contributed by atoms with Crippen LogP contribution in [0.25, 0.3) is 0 Å². The predicted molar refractivity (Wildman–Crippen MR) is 73.9 cm³/mol. The SMILES string of the molecule is CC1CCN(C(=O)[C@@H]2Cc3ccccc3N2)C1CO. The van der Waals surface area contributed by atoms with Gasteiger partial charge in [0.25, 0.3) is 0 Å². The van der Waals surface area contributed by atoms with E-state index in [-0.39, 0.29) is 24.6 Å². The lowest BCUT2D eigenvalue weighted by Crippen LogP contribution is -2.47. The number of anilines is 1. The maximum atomic E-state index is 12.6. The molecule has 2 unspecified atom stereocenters. The van der Waals surface area contributed by atoms with Gasteiger partial charge in [0.2, 0.25) is 5.91 Å². The van der Waals surface area contributed by atoms with E-state index in [0.29, 0.717) is 5.92 Å². The normalized spacial score (nSPS) is 29.2. The summed E-state index contributed by atoms with van der Waals surface area (Å²) in [5.41, 5.74) is 2.27. The highest BCUT2D eigenvalue weighted by Crippen LogP contribution is 2.29. The van der Waals surface area contributed by atoms with Gasteiger partial charge in [-0.25, -0.2) is 0 Å². The summed E-state index contributed by atoms with van der Waals surface area (Å²) in [6.45, 7) is 2.93. The lowest BCUT2D eigenvalue weighted by molar-refractivity contribution is -0.133. The third-order valence-electron chi connectivity index (χ3n) is 4.42. The number of aliphatic hydroxyl groups excluding tert-OH is 1. The van der Waals surface area contributed by atoms with Gasteiger partial charge in [0.1, 0.15) is 6.04 Å². The Bertz CT molecular complexity index is 464. The molecule has 2 heterocycles. The Morgan fingerprint density at radius 2 is 2.26 bits per heavy atom. The largest absolute Gasteiger partial charge is 0.394 e. The van der Waals surface area contributed by atoms with Crippen molar-refractivity contribution in [3.63, 3.8) is 0 Å². The van der Waals surface area contributed by atoms with Gasteiger partial charge in [-0.3, -0.25) is 4.79 Å². The predicted octanol–water partition coefficient (Wildman–Crippen LogP) is 1.25. The fraction of sp³-hybridized carbons (Fsp3) is 0.533. The molecule has 1 saturated heterocycles. The number of fused-ring (bicyclic) bond motifs is 1. The van der Waals surface area contributed by atoms with Crippen molar-refractivity contribution in [2.75, 3.05) is 18.5 Å². The molecule has 0 bridgehead atoms. The number of carbonyl (C=O) groups is 1. The molecule has 1 fully saturated rings. The molecule has 3 rings (SSSR count). The monoisotopic (exact) mass is 260 g/mol. The van der Waals surface area contributed by atoms with Gasteiger partial charge in [-0.1, -0.05) is 25.1 Å². The Labute approximate surface area is 113 Å². The molecule has 0 saturated carbocycles. The quantitative estimate of drug-likeness (QED) is 0.841. The number of carbonyl (C=O) groups excluding carboxylic acids is 1. The van der Waals surface area contributed by atoms with Gasteiger partial charge in [0, 0.05) is 18.7 Å². The zero-order valence-corrected chi connectivity index (χ0v) is 11.2. The number of aliphatic hydroxyl groups is 1. The van der Waals surface area contributed by atoms with Crippen LogP contribution in [0.15, 0.2) is 24.3 Å². The van der Waals surface area contributed by atoms with Crippen molar-refractivity contribution >= 4 is 11.6 Å². The number of likely N-dealkylation sites (tertiary alicyclic amines) is 1. The first-order valence-electron chi connectivity index (χ1n) is 6.96. The van der Waals surface area contributed by atoms with Crippen molar-refractivity contribution in [2.24, 2.45) is 5.92 Å². The summed E-state index contributed by atoms with van der Waals surface area (Å²) in [4.78, 5) is 14.4. The van der Waals surface area contributed by atoms with Crippen LogP contribution in [0.1, 0.15) is 18.9 Å². The molecule has 2 aliphatic heterocycles. The Morgan fingerprint density at radius 3 is 3.00 bits per heavy atom. The average Bonchev–Trinajstić information content (AvgIpc) is 3.00. The molecule has 3 atom stereocenters. The van der Waals surface area contributed by atoms with E-state index in [1.54, 1.807) is 0 Å². The lowest BCUT2D eigenvalue weighted by atomic mass is 10.0. The van der Waals surface area contributed by atoms with Gasteiger partial charge in [0.15, 0.2) is 0 Å². The van der Waals surface area contributed by atoms with E-state index < -0.39 is 0 Å². The summed E-state index contributed by atoms with van der Waals surface area (Å²) in [5, 5.41) is 12.8. The highest BCUT2D eigenvalue weighted by Gasteiger charge is 2.38. The Kier molecular flexibility index (Phi) is 3.19. The first-order valence-corrected chi connectivity index (χ1v) is 6.96. The van der Waals surface area contributed by atoms with Gasteiger partial charge < -0.3 is 15.3 Å². The van der Waals surface area contributed by atoms with Gasteiger partial charge in [-0.05, 0) is 24.0 Å². The van der Waals surface area contributed by atoms with Crippen molar-refractivity contribution in [1.82, 2.24) is 4.90 Å². The maximum absolute atomic E-state index is 12.6. The first-order chi connectivity index (χ1) is 9.20. The van der Waals surface area contributed by atoms with Gasteiger partial charge in [0.05, 0.1) is 12.6 Å². The number of rotatable bonds is 2. The minimum absolute atomic E-state index is 0.0157. The van der Waals surface area contributed by atoms with Crippen LogP contribution in [0.4, 0.5) is 5.69 Å². The molecule has 0 radical (unpaired) electrons. The molecule has 0 spiro atoms. The first kappa shape index (κ1) is 12.5. The fourth-order valence-electron chi connectivity index (χ4n) is 3.21. The molecule has 1 aromatic rings. The molecule has 1 amide bonds. The minimum Gasteiger partial charge on any atom is -0.394 e. The summed E-state index contributed by atoms with van der Waals surface area (Å²) in [7, 11) is 0. The van der Waals surface area contributed by atoms with E-state index in [9.17, 15) is 9.90 Å². The maximum Gasteiger partial charge on any atom is 0.245 e. The number of nitrogens with one attached hydrogen (secondary N) is 1. The fourth-order valence-corrected chi connectivity index (χ4v) is 3.21. The van der Waals surface area contributed by atoms with Crippen LogP contribution in [0.3, 0.4) is 0 Å². The Hall–Kier alpha value is -1.55. The molecule has 0 aliphatic carbocycles. The number of hydrogen-bond acceptors (Lipinski definition) is 3. The molecular formula is C15H20N2O2. The molecule has 1 aromatic carbocycles. The average molecular weight is 260 g/mol. The van der Waals surface area contributed by atoms with Crippen LogP contribution in [0.5, 0.6) is 0 Å². The highest BCUT2D eigenvalue weighted by atomic mass is 16.3. The third kappa shape index (κ3) is 2.10. The van der Waals surface area contributed by atoms with E-state index in [4.69, 9.17) is 0 Å². The van der Waals surface area contributed by atoms with Crippen molar-refractivity contribution < 1.29 is 9.90 Å². The molecule has 19 heavy (non-hydrogen) atoms. The summed E-state index contributed by atoms with van der Waals surface area (Å²) >= 11 is 0. The lowest BCUT2D eigenvalue weighted by Gasteiger charge is -2.28. The molecule has 2 N–H and O–H groups in total. The van der Waals surface area contributed by atoms with Crippen LogP contribution in [-0.4, -0.2) is 41.1 Å². The van der Waals surface area contributed by atoms with Gasteiger partial charge in [-0.2, -0.15) is 0 Å². The number of amides is 1. The van der Waals surface area contributed by atoms with Crippen LogP contribution in [0, 0.1) is 5.92 Å². The van der Waals surface area contributed by atoms with Crippen LogP contribution >= 0.6 is 0 Å². The van der Waals surface area contributed by atoms with E-state index in [1.165, 1.54) is 5.56 Å². The van der Waals surface area contributed by atoms with Crippen molar-refractivity contribution in [3.05, 3.63) is 29.8 Å². The molecule has 4 nitrogen and oxygen atoms in total. The molecule has 4 heteroatoms. The minimum atomic E-state index is -0.170. The second-order valence-electron chi connectivity index (χ2n) is 5.61. The Morgan fingerprint density at radius 1 is 1.47 bits per heavy atom. The highest BCUT2D eigenvalue weighted by molar-refractivity contribution is 5.88. The molecule has 0 aromatic heterocycles. The van der Waals surface area contributed by atoms with E-state index in [2.05, 4.69) is 18.3 Å². The zero-order valence-electron chi connectivity index (χ0n) is 11.2. The smallest absolute Gasteiger partial charge is 0.245 e. The number of hydrogen-bond donors (Lipinski definition) is 2. The number of nitrogens with zero attached hydrogens (tertiary/aromatic N) is 1. The topological polar surface area (TPSA) is 52.6 Å². The zero-order chi connectivity index (χ0) is 13.4. The Balaban J connectivity index is 1.73. The van der Waals surface area contributed by atoms with Crippen LogP contribution in [-0.2, 0) is 11.2 Å². The standard InChI is InChI=1S/C15H20N2O2/c1-10-6-7-17(14(10)9-18)15(19)13-8-11-4-2-3-5-12(11)16-13/h2-5,10,13-14,16,18H,6-9H2,1H3/t10?,13-,14?/m0/s1. The third-order valence-corrected chi connectivity index (χ3v) is 4.42. The van der Waals surface area contributed by atoms with Crippen LogP contribution < -0.4 is 5.32 Å². The summed E-state index contributed by atoms with van der Waals surface area (Å²) < 4.78 is 0.